The van der Waals surface area contributed by atoms with Crippen LogP contribution in [0, 0.1) is 0 Å². The van der Waals surface area contributed by atoms with Gasteiger partial charge < -0.3 is 21.0 Å². The van der Waals surface area contributed by atoms with Crippen molar-refractivity contribution < 1.29 is 28.9 Å². The Bertz CT molecular complexity index is 1560. The first kappa shape index (κ1) is 26.6. The summed E-state index contributed by atoms with van der Waals surface area (Å²) in [5.41, 5.74) is 6.67. The number of fused-ring (bicyclic) bond motifs is 2. The number of aliphatic carboxylic acids is 1. The SMILES string of the molecule is CCO/N=C(\C(=O)N[C@@H]1C(=O)N2C(C(=O)O)=C(/C=C/Sc3ccc4n(cc[n+]4C)n3)CS[C@H]12)c1nsc(N)n1. The largest absolute Gasteiger partial charge is 0.477 e. The number of carbonyl (C=O) groups is 3. The second-order valence-corrected chi connectivity index (χ2v) is 11.0. The van der Waals surface area contributed by atoms with Crippen molar-refractivity contribution in [2.24, 2.45) is 12.2 Å². The van der Waals surface area contributed by atoms with Crippen molar-refractivity contribution in [1.29, 1.82) is 0 Å². The van der Waals surface area contributed by atoms with E-state index in [9.17, 15) is 19.5 Å². The summed E-state index contributed by atoms with van der Waals surface area (Å²) in [4.78, 5) is 48.3. The van der Waals surface area contributed by atoms with Gasteiger partial charge >= 0.3 is 11.6 Å². The number of aromatic nitrogens is 5. The Morgan fingerprint density at radius 1 is 1.44 bits per heavy atom. The Kier molecular flexibility index (Phi) is 7.53. The van der Waals surface area contributed by atoms with Crippen LogP contribution in [0.1, 0.15) is 12.7 Å². The Balaban J connectivity index is 1.30. The molecule has 0 unspecified atom stereocenters. The van der Waals surface area contributed by atoms with Crippen LogP contribution in [0.3, 0.4) is 0 Å². The molecule has 0 aromatic carbocycles. The van der Waals surface area contributed by atoms with E-state index >= 15 is 0 Å². The van der Waals surface area contributed by atoms with Gasteiger partial charge in [-0.2, -0.15) is 9.36 Å². The van der Waals surface area contributed by atoms with E-state index in [1.165, 1.54) is 28.4 Å². The molecule has 14 nitrogen and oxygen atoms in total. The van der Waals surface area contributed by atoms with E-state index in [0.29, 0.717) is 11.3 Å². The lowest BCUT2D eigenvalue weighted by molar-refractivity contribution is -0.644. The minimum absolute atomic E-state index is 0.0290. The van der Waals surface area contributed by atoms with Crippen molar-refractivity contribution in [3.8, 4) is 0 Å². The summed E-state index contributed by atoms with van der Waals surface area (Å²) in [7, 11) is 1.92. The van der Waals surface area contributed by atoms with Crippen LogP contribution in [-0.2, 0) is 26.3 Å². The maximum absolute atomic E-state index is 13.0. The highest BCUT2D eigenvalue weighted by atomic mass is 32.2. The smallest absolute Gasteiger partial charge is 0.352 e. The summed E-state index contributed by atoms with van der Waals surface area (Å²) in [6.07, 6.45) is 5.40. The molecular formula is C22H22N9O5S3+. The number of thioether (sulfide) groups is 2. The molecule has 202 valence electrons. The molecule has 0 bridgehead atoms. The van der Waals surface area contributed by atoms with E-state index in [-0.39, 0.29) is 29.0 Å². The third-order valence-corrected chi connectivity index (χ3v) is 8.28. The monoisotopic (exact) mass is 588 g/mol. The van der Waals surface area contributed by atoms with Crippen molar-refractivity contribution in [3.63, 3.8) is 0 Å². The Morgan fingerprint density at radius 3 is 2.97 bits per heavy atom. The molecule has 2 aliphatic rings. The number of hydrogen-bond acceptors (Lipinski definition) is 12. The lowest BCUT2D eigenvalue weighted by atomic mass is 10.0. The number of carboxylic acids is 1. The first-order chi connectivity index (χ1) is 18.8. The quantitative estimate of drug-likeness (QED) is 0.103. The average molecular weight is 589 g/mol. The second kappa shape index (κ2) is 11.0. The van der Waals surface area contributed by atoms with Crippen molar-refractivity contribution in [1.82, 2.24) is 29.2 Å². The molecule has 0 radical (unpaired) electrons. The molecule has 3 aromatic rings. The number of nitrogen functional groups attached to an aromatic ring is 1. The fraction of sp³-hybridized carbons (Fsp3) is 0.273. The average Bonchev–Trinajstić information content (AvgIpc) is 3.51. The van der Waals surface area contributed by atoms with Gasteiger partial charge in [0.2, 0.25) is 11.5 Å². The predicted octanol–water partition coefficient (Wildman–Crippen LogP) is 0.378. The highest BCUT2D eigenvalue weighted by molar-refractivity contribution is 8.02. The molecule has 1 saturated heterocycles. The standard InChI is InChI=1S/C22H21N9O5S3/c1-3-36-27-14(17-25-22(23)39-28-17)18(32)24-15-19(33)31-16(21(34)35)11(10-38-20(15)31)6-9-37-12-4-5-13-29(2)7-8-30(13)26-12/h4-9,15,20H,3,10H2,1-2H3,(H3-,23,24,25,28,32,34,35)/p+1/b9-6+,27-14-/t15-,20-/m1/s1. The summed E-state index contributed by atoms with van der Waals surface area (Å²) in [5.74, 6) is -2.22. The summed E-state index contributed by atoms with van der Waals surface area (Å²) in [6.45, 7) is 1.89. The van der Waals surface area contributed by atoms with Gasteiger partial charge in [-0.05, 0) is 30.0 Å². The molecule has 5 heterocycles. The molecular weight excluding hydrogens is 567 g/mol. The molecule has 39 heavy (non-hydrogen) atoms. The van der Waals surface area contributed by atoms with E-state index in [1.54, 1.807) is 22.9 Å². The van der Waals surface area contributed by atoms with Gasteiger partial charge in [0.15, 0.2) is 11.3 Å². The number of anilines is 1. The molecule has 0 spiro atoms. The van der Waals surface area contributed by atoms with E-state index in [2.05, 4.69) is 24.9 Å². The number of nitrogens with two attached hydrogens (primary N) is 1. The number of allylic oxidation sites excluding steroid dienone is 1. The van der Waals surface area contributed by atoms with Crippen LogP contribution >= 0.6 is 35.1 Å². The summed E-state index contributed by atoms with van der Waals surface area (Å²) < 4.78 is 7.67. The molecule has 0 aliphatic carbocycles. The number of nitrogens with one attached hydrogen (secondary N) is 1. The van der Waals surface area contributed by atoms with Gasteiger partial charge in [0, 0.05) is 23.4 Å². The second-order valence-electron chi connectivity index (χ2n) is 8.16. The number of amides is 2. The minimum Gasteiger partial charge on any atom is -0.477 e. The van der Waals surface area contributed by atoms with E-state index in [4.69, 9.17) is 10.6 Å². The number of imidazole rings is 1. The van der Waals surface area contributed by atoms with Crippen LogP contribution in [0.5, 0.6) is 0 Å². The fourth-order valence-corrected chi connectivity index (χ4v) is 6.32. The zero-order chi connectivity index (χ0) is 27.7. The number of aryl methyl sites for hydroxylation is 1. The third kappa shape index (κ3) is 5.19. The molecule has 0 saturated carbocycles. The lowest BCUT2D eigenvalue weighted by Gasteiger charge is -2.49. The Morgan fingerprint density at radius 2 is 2.26 bits per heavy atom. The molecule has 3 aromatic heterocycles. The molecule has 4 N–H and O–H groups in total. The fourth-order valence-electron chi connectivity index (χ4n) is 3.92. The number of carbonyl (C=O) groups excluding carboxylic acids is 2. The zero-order valence-electron chi connectivity index (χ0n) is 20.5. The summed E-state index contributed by atoms with van der Waals surface area (Å²) in [6, 6.07) is 2.84. The number of rotatable bonds is 9. The highest BCUT2D eigenvalue weighted by Gasteiger charge is 2.54. The van der Waals surface area contributed by atoms with Crippen LogP contribution in [0.15, 0.2) is 57.5 Å². The van der Waals surface area contributed by atoms with Crippen molar-refractivity contribution in [2.45, 2.75) is 23.4 Å². The van der Waals surface area contributed by atoms with Gasteiger partial charge in [-0.25, -0.2) is 9.36 Å². The van der Waals surface area contributed by atoms with E-state index in [1.807, 2.05) is 36.1 Å². The number of oxime groups is 1. The number of carboxylic acid groups (broad SMARTS) is 1. The van der Waals surface area contributed by atoms with E-state index in [0.717, 1.165) is 22.2 Å². The molecule has 2 aliphatic heterocycles. The molecule has 2 amide bonds. The Hall–Kier alpha value is -3.96. The predicted molar refractivity (Wildman–Crippen MR) is 144 cm³/mol. The molecule has 5 rings (SSSR count). The highest BCUT2D eigenvalue weighted by Crippen LogP contribution is 2.41. The van der Waals surface area contributed by atoms with Crippen LogP contribution in [0.2, 0.25) is 0 Å². The Labute approximate surface area is 233 Å². The number of β-lactam (4-membered cyclic amide) rings is 1. The lowest BCUT2D eigenvalue weighted by Crippen LogP contribution is -2.71. The van der Waals surface area contributed by atoms with Gasteiger partial charge in [0.25, 0.3) is 11.8 Å². The normalized spacial score (nSPS) is 19.4. The molecule has 2 atom stereocenters. The van der Waals surface area contributed by atoms with Gasteiger partial charge in [-0.15, -0.1) is 16.3 Å². The van der Waals surface area contributed by atoms with Gasteiger partial charge in [-0.1, -0.05) is 22.0 Å². The van der Waals surface area contributed by atoms with Crippen LogP contribution < -0.4 is 15.6 Å². The summed E-state index contributed by atoms with van der Waals surface area (Å²) >= 11 is 3.56. The van der Waals surface area contributed by atoms with Crippen molar-refractivity contribution in [2.75, 3.05) is 18.1 Å². The first-order valence-electron chi connectivity index (χ1n) is 11.5. The van der Waals surface area contributed by atoms with Crippen LogP contribution in [0.25, 0.3) is 5.65 Å². The van der Waals surface area contributed by atoms with Crippen LogP contribution in [-0.4, -0.2) is 76.2 Å². The van der Waals surface area contributed by atoms with Crippen molar-refractivity contribution >= 4 is 69.3 Å². The maximum Gasteiger partial charge on any atom is 0.352 e. The first-order valence-corrected chi connectivity index (χ1v) is 14.2. The van der Waals surface area contributed by atoms with Gasteiger partial charge in [0.1, 0.15) is 34.9 Å². The van der Waals surface area contributed by atoms with Crippen molar-refractivity contribution in [3.05, 3.63) is 53.1 Å². The number of hydrogen-bond donors (Lipinski definition) is 3. The molecule has 1 fully saturated rings. The van der Waals surface area contributed by atoms with Gasteiger partial charge in [0.05, 0.1) is 7.05 Å². The zero-order valence-corrected chi connectivity index (χ0v) is 23.0. The minimum atomic E-state index is -1.23. The topological polar surface area (TPSA) is 181 Å². The third-order valence-electron chi connectivity index (χ3n) is 5.71. The van der Waals surface area contributed by atoms with Gasteiger partial charge in [-0.3, -0.25) is 14.5 Å². The maximum atomic E-state index is 13.0. The van der Waals surface area contributed by atoms with Crippen LogP contribution in [0.4, 0.5) is 5.13 Å². The number of nitrogens with zero attached hydrogens (tertiary/aromatic N) is 7. The molecule has 17 heteroatoms. The summed E-state index contributed by atoms with van der Waals surface area (Å²) in [5, 5.41) is 22.8. The van der Waals surface area contributed by atoms with E-state index < -0.39 is 29.2 Å².